The molecule has 3 aromatic heterocycles. The Morgan fingerprint density at radius 1 is 1.12 bits per heavy atom. The van der Waals surface area contributed by atoms with Crippen molar-refractivity contribution in [2.75, 3.05) is 26.2 Å². The van der Waals surface area contributed by atoms with Crippen molar-refractivity contribution < 1.29 is 14.3 Å². The summed E-state index contributed by atoms with van der Waals surface area (Å²) in [6.45, 7) is 3.56. The number of H-pyrrole nitrogens is 1. The van der Waals surface area contributed by atoms with Crippen molar-refractivity contribution in [1.29, 1.82) is 0 Å². The minimum absolute atomic E-state index is 0.147. The maximum absolute atomic E-state index is 11.7. The van der Waals surface area contributed by atoms with Crippen molar-refractivity contribution in [1.82, 2.24) is 30.0 Å². The number of hydrogen-bond donors (Lipinski definition) is 1. The molecule has 33 heavy (non-hydrogen) atoms. The van der Waals surface area contributed by atoms with Crippen molar-refractivity contribution >= 4 is 17.0 Å². The second kappa shape index (κ2) is 8.18. The average Bonchev–Trinajstić information content (AvgIpc) is 3.50. The molecule has 9 heteroatoms. The Bertz CT molecular complexity index is 1290. The van der Waals surface area contributed by atoms with E-state index in [0.29, 0.717) is 24.8 Å². The number of hydrogen-bond acceptors (Lipinski definition) is 7. The van der Waals surface area contributed by atoms with E-state index in [1.807, 2.05) is 47.4 Å². The van der Waals surface area contributed by atoms with Gasteiger partial charge in [-0.3, -0.25) is 19.9 Å². The molecule has 0 unspecified atom stereocenters. The molecule has 2 fully saturated rings. The second-order valence-electron chi connectivity index (χ2n) is 8.27. The zero-order valence-corrected chi connectivity index (χ0v) is 17.8. The number of cyclic esters (lactones) is 1. The minimum Gasteiger partial charge on any atom is -0.447 e. The highest BCUT2D eigenvalue weighted by Gasteiger charge is 2.37. The zero-order chi connectivity index (χ0) is 22.2. The fourth-order valence-electron chi connectivity index (χ4n) is 4.36. The zero-order valence-electron chi connectivity index (χ0n) is 17.8. The van der Waals surface area contributed by atoms with Gasteiger partial charge < -0.3 is 9.47 Å². The van der Waals surface area contributed by atoms with Crippen LogP contribution >= 0.6 is 0 Å². The molecular formula is C24H22N6O3. The minimum atomic E-state index is -0.189. The van der Waals surface area contributed by atoms with Gasteiger partial charge in [-0.05, 0) is 36.4 Å². The molecule has 6 rings (SSSR count). The molecule has 1 N–H and O–H groups in total. The third-order valence-electron chi connectivity index (χ3n) is 6.08. The van der Waals surface area contributed by atoms with Gasteiger partial charge in [0.05, 0.1) is 22.9 Å². The van der Waals surface area contributed by atoms with Gasteiger partial charge in [0, 0.05) is 55.6 Å². The van der Waals surface area contributed by atoms with Crippen LogP contribution in [0.3, 0.4) is 0 Å². The van der Waals surface area contributed by atoms with Crippen LogP contribution in [0, 0.1) is 0 Å². The summed E-state index contributed by atoms with van der Waals surface area (Å²) < 4.78 is 11.1. The predicted molar refractivity (Wildman–Crippen MR) is 121 cm³/mol. The molecule has 1 amide bonds. The van der Waals surface area contributed by atoms with E-state index < -0.39 is 0 Å². The van der Waals surface area contributed by atoms with E-state index in [9.17, 15) is 4.79 Å². The van der Waals surface area contributed by atoms with Crippen LogP contribution in [0.1, 0.15) is 5.69 Å². The number of rotatable bonds is 5. The standard InChI is InChI=1S/C24H22N6O3/c31-24-30-10-9-29(14-19(30)15-32-24)13-18-3-1-16-11-20(4-5-21(16)27-18)33-23-6-2-17(12-25-23)22-7-8-26-28-22/h1-8,11-12,19H,9-10,13-15H2,(H,26,28)/t19-/m0/s1. The van der Waals surface area contributed by atoms with Crippen LogP contribution < -0.4 is 4.74 Å². The lowest BCUT2D eigenvalue weighted by Gasteiger charge is -2.35. The van der Waals surface area contributed by atoms with Crippen molar-refractivity contribution in [2.45, 2.75) is 12.6 Å². The largest absolute Gasteiger partial charge is 0.447 e. The highest BCUT2D eigenvalue weighted by atomic mass is 16.6. The first-order valence-corrected chi connectivity index (χ1v) is 10.9. The maximum atomic E-state index is 11.7. The number of carbonyl (C=O) groups excluding carboxylic acids is 1. The maximum Gasteiger partial charge on any atom is 0.410 e. The molecule has 0 bridgehead atoms. The lowest BCUT2D eigenvalue weighted by Crippen LogP contribution is -2.51. The SMILES string of the molecule is O=C1OC[C@@H]2CN(Cc3ccc4cc(Oc5ccc(-c6ccn[nH]6)cn5)ccc4n3)CCN12. The number of fused-ring (bicyclic) bond motifs is 2. The summed E-state index contributed by atoms with van der Waals surface area (Å²) in [5.74, 6) is 1.23. The fourth-order valence-corrected chi connectivity index (χ4v) is 4.36. The molecule has 0 radical (unpaired) electrons. The Labute approximate surface area is 190 Å². The highest BCUT2D eigenvalue weighted by molar-refractivity contribution is 5.80. The molecule has 9 nitrogen and oxygen atoms in total. The van der Waals surface area contributed by atoms with E-state index in [2.05, 4.69) is 26.1 Å². The van der Waals surface area contributed by atoms with E-state index in [-0.39, 0.29) is 12.1 Å². The van der Waals surface area contributed by atoms with Gasteiger partial charge in [0.2, 0.25) is 5.88 Å². The van der Waals surface area contributed by atoms with Crippen molar-refractivity contribution in [3.05, 3.63) is 66.6 Å². The lowest BCUT2D eigenvalue weighted by atomic mass is 10.1. The van der Waals surface area contributed by atoms with Gasteiger partial charge in [-0.25, -0.2) is 9.78 Å². The number of carbonyl (C=O) groups is 1. The number of aromatic nitrogens is 4. The topological polar surface area (TPSA) is 96.5 Å². The summed E-state index contributed by atoms with van der Waals surface area (Å²) in [5, 5.41) is 7.89. The van der Waals surface area contributed by atoms with E-state index in [1.54, 1.807) is 12.4 Å². The average molecular weight is 442 g/mol. The summed E-state index contributed by atoms with van der Waals surface area (Å²) >= 11 is 0. The van der Waals surface area contributed by atoms with Crippen LogP contribution in [0.15, 0.2) is 60.9 Å². The first kappa shape index (κ1) is 19.7. The Hall–Kier alpha value is -3.98. The number of pyridine rings is 2. The molecule has 4 aromatic rings. The van der Waals surface area contributed by atoms with Crippen LogP contribution in [0.25, 0.3) is 22.2 Å². The molecule has 0 spiro atoms. The van der Waals surface area contributed by atoms with Gasteiger partial charge in [-0.15, -0.1) is 0 Å². The number of benzene rings is 1. The number of amides is 1. The molecule has 2 aliphatic heterocycles. The number of nitrogens with zero attached hydrogens (tertiary/aromatic N) is 5. The summed E-state index contributed by atoms with van der Waals surface area (Å²) in [4.78, 5) is 25.0. The number of ether oxygens (including phenoxy) is 2. The van der Waals surface area contributed by atoms with E-state index in [0.717, 1.165) is 47.5 Å². The van der Waals surface area contributed by atoms with Crippen LogP contribution in [-0.2, 0) is 11.3 Å². The quantitative estimate of drug-likeness (QED) is 0.506. The first-order chi connectivity index (χ1) is 16.2. The molecule has 2 saturated heterocycles. The number of aromatic amines is 1. The number of piperazine rings is 1. The molecule has 2 aliphatic rings. The molecule has 0 saturated carbocycles. The van der Waals surface area contributed by atoms with Crippen molar-refractivity contribution in [3.63, 3.8) is 0 Å². The lowest BCUT2D eigenvalue weighted by molar-refractivity contribution is 0.115. The molecule has 0 aliphatic carbocycles. The smallest absolute Gasteiger partial charge is 0.410 e. The normalized spacial score (nSPS) is 18.4. The first-order valence-electron chi connectivity index (χ1n) is 10.9. The monoisotopic (exact) mass is 442 g/mol. The van der Waals surface area contributed by atoms with Crippen molar-refractivity contribution in [2.24, 2.45) is 0 Å². The van der Waals surface area contributed by atoms with Gasteiger partial charge in [-0.2, -0.15) is 5.10 Å². The van der Waals surface area contributed by atoms with Crippen LogP contribution in [-0.4, -0.2) is 68.3 Å². The molecular weight excluding hydrogens is 420 g/mol. The molecule has 166 valence electrons. The fraction of sp³-hybridized carbons (Fsp3) is 0.250. The van der Waals surface area contributed by atoms with Gasteiger partial charge in [-0.1, -0.05) is 6.07 Å². The van der Waals surface area contributed by atoms with E-state index >= 15 is 0 Å². The van der Waals surface area contributed by atoms with Gasteiger partial charge in [0.1, 0.15) is 12.4 Å². The van der Waals surface area contributed by atoms with E-state index in [1.165, 1.54) is 0 Å². The van der Waals surface area contributed by atoms with Crippen LogP contribution in [0.2, 0.25) is 0 Å². The molecule has 1 aromatic carbocycles. The predicted octanol–water partition coefficient (Wildman–Crippen LogP) is 3.45. The summed E-state index contributed by atoms with van der Waals surface area (Å²) in [6, 6.07) is 15.8. The Morgan fingerprint density at radius 2 is 2.09 bits per heavy atom. The van der Waals surface area contributed by atoms with Gasteiger partial charge >= 0.3 is 6.09 Å². The third-order valence-corrected chi connectivity index (χ3v) is 6.08. The number of nitrogens with one attached hydrogen (secondary N) is 1. The highest BCUT2D eigenvalue weighted by Crippen LogP contribution is 2.26. The van der Waals surface area contributed by atoms with Crippen LogP contribution in [0.5, 0.6) is 11.6 Å². The summed E-state index contributed by atoms with van der Waals surface area (Å²) in [6.07, 6.45) is 3.28. The molecule has 1 atom stereocenters. The Balaban J connectivity index is 1.13. The van der Waals surface area contributed by atoms with Gasteiger partial charge in [0.25, 0.3) is 0 Å². The summed E-state index contributed by atoms with van der Waals surface area (Å²) in [5.41, 5.74) is 3.78. The van der Waals surface area contributed by atoms with Crippen LogP contribution in [0.4, 0.5) is 4.79 Å². The summed E-state index contributed by atoms with van der Waals surface area (Å²) in [7, 11) is 0. The van der Waals surface area contributed by atoms with Crippen molar-refractivity contribution in [3.8, 4) is 22.9 Å². The Kier molecular flexibility index (Phi) is 4.88. The second-order valence-corrected chi connectivity index (χ2v) is 8.27. The third kappa shape index (κ3) is 3.98. The van der Waals surface area contributed by atoms with Gasteiger partial charge in [0.15, 0.2) is 0 Å². The molecule has 5 heterocycles. The van der Waals surface area contributed by atoms with E-state index in [4.69, 9.17) is 14.5 Å². The Morgan fingerprint density at radius 3 is 2.94 bits per heavy atom.